The highest BCUT2D eigenvalue weighted by molar-refractivity contribution is 7.91. The van der Waals surface area contributed by atoms with Crippen LogP contribution < -0.4 is 5.32 Å². The molecular weight excluding hydrogens is 214 g/mol. The van der Waals surface area contributed by atoms with Gasteiger partial charge in [0.15, 0.2) is 9.84 Å². The molecule has 0 bridgehead atoms. The molecule has 0 spiro atoms. The molecule has 2 N–H and O–H groups in total. The maximum Gasteiger partial charge on any atom is 0.151 e. The second-order valence-corrected chi connectivity index (χ2v) is 6.10. The molecule has 0 amide bonds. The monoisotopic (exact) mass is 237 g/mol. The highest BCUT2D eigenvalue weighted by Crippen LogP contribution is 1.95. The molecule has 1 unspecified atom stereocenters. The van der Waals surface area contributed by atoms with Gasteiger partial charge in [0, 0.05) is 18.8 Å². The van der Waals surface area contributed by atoms with Crippen molar-refractivity contribution in [3.05, 3.63) is 0 Å². The fourth-order valence-corrected chi connectivity index (χ4v) is 2.63. The van der Waals surface area contributed by atoms with Gasteiger partial charge in [-0.05, 0) is 12.8 Å². The number of sulfone groups is 1. The Morgan fingerprint density at radius 1 is 1.20 bits per heavy atom. The average molecular weight is 237 g/mol. The first-order valence-corrected chi connectivity index (χ1v) is 7.43. The molecule has 0 aliphatic carbocycles. The van der Waals surface area contributed by atoms with E-state index in [0.29, 0.717) is 19.5 Å². The van der Waals surface area contributed by atoms with Gasteiger partial charge in [-0.2, -0.15) is 0 Å². The Hall–Kier alpha value is -0.130. The van der Waals surface area contributed by atoms with E-state index in [2.05, 4.69) is 5.32 Å². The molecule has 0 rings (SSSR count). The first kappa shape index (κ1) is 14.9. The van der Waals surface area contributed by atoms with Crippen molar-refractivity contribution < 1.29 is 13.5 Å². The van der Waals surface area contributed by atoms with Crippen molar-refractivity contribution in [1.82, 2.24) is 5.32 Å². The van der Waals surface area contributed by atoms with Gasteiger partial charge < -0.3 is 10.4 Å². The van der Waals surface area contributed by atoms with Crippen molar-refractivity contribution in [2.45, 2.75) is 39.2 Å². The number of rotatable bonds is 9. The van der Waals surface area contributed by atoms with Crippen LogP contribution in [0.15, 0.2) is 0 Å². The van der Waals surface area contributed by atoms with Crippen LogP contribution in [0.3, 0.4) is 0 Å². The Morgan fingerprint density at radius 2 is 1.87 bits per heavy atom. The number of aliphatic hydroxyl groups is 1. The minimum absolute atomic E-state index is 0.166. The zero-order valence-electron chi connectivity index (χ0n) is 9.70. The molecule has 0 radical (unpaired) electrons. The minimum atomic E-state index is -2.89. The van der Waals surface area contributed by atoms with E-state index in [4.69, 9.17) is 0 Å². The largest absolute Gasteiger partial charge is 0.392 e. The van der Waals surface area contributed by atoms with Gasteiger partial charge in [0.2, 0.25) is 0 Å². The van der Waals surface area contributed by atoms with Crippen molar-refractivity contribution in [2.75, 3.05) is 24.6 Å². The lowest BCUT2D eigenvalue weighted by atomic mass is 10.2. The predicted octanol–water partition coefficient (Wildman–Crippen LogP) is 0.562. The Balaban J connectivity index is 3.54. The van der Waals surface area contributed by atoms with Crippen LogP contribution in [0.25, 0.3) is 0 Å². The van der Waals surface area contributed by atoms with Gasteiger partial charge in [-0.1, -0.05) is 20.3 Å². The van der Waals surface area contributed by atoms with E-state index in [1.807, 2.05) is 13.8 Å². The SMILES string of the molecule is CCCC(O)CNCCS(=O)(=O)CCC. The molecular formula is C10H23NO3S. The third-order valence-corrected chi connectivity index (χ3v) is 3.96. The lowest BCUT2D eigenvalue weighted by molar-refractivity contribution is 0.161. The fraction of sp³-hybridized carbons (Fsp3) is 1.00. The molecule has 15 heavy (non-hydrogen) atoms. The summed E-state index contributed by atoms with van der Waals surface area (Å²) < 4.78 is 22.6. The van der Waals surface area contributed by atoms with Crippen molar-refractivity contribution in [2.24, 2.45) is 0 Å². The van der Waals surface area contributed by atoms with Gasteiger partial charge in [0.1, 0.15) is 0 Å². The molecule has 4 nitrogen and oxygen atoms in total. The summed E-state index contributed by atoms with van der Waals surface area (Å²) in [5.74, 6) is 0.422. The van der Waals surface area contributed by atoms with Gasteiger partial charge in [-0.25, -0.2) is 8.42 Å². The van der Waals surface area contributed by atoms with Gasteiger partial charge in [0.25, 0.3) is 0 Å². The van der Waals surface area contributed by atoms with Gasteiger partial charge in [-0.15, -0.1) is 0 Å². The average Bonchev–Trinajstić information content (AvgIpc) is 2.13. The summed E-state index contributed by atoms with van der Waals surface area (Å²) in [6, 6.07) is 0. The summed E-state index contributed by atoms with van der Waals surface area (Å²) in [6.07, 6.45) is 2.01. The van der Waals surface area contributed by atoms with Crippen LogP contribution in [0.5, 0.6) is 0 Å². The van der Waals surface area contributed by atoms with Crippen LogP contribution >= 0.6 is 0 Å². The summed E-state index contributed by atoms with van der Waals surface area (Å²) in [4.78, 5) is 0. The molecule has 0 aromatic rings. The summed E-state index contributed by atoms with van der Waals surface area (Å²) in [5, 5.41) is 12.3. The molecule has 0 aliphatic rings. The van der Waals surface area contributed by atoms with Crippen molar-refractivity contribution >= 4 is 9.84 Å². The van der Waals surface area contributed by atoms with Gasteiger partial charge in [0.05, 0.1) is 11.9 Å². The van der Waals surface area contributed by atoms with E-state index in [1.54, 1.807) is 0 Å². The van der Waals surface area contributed by atoms with Crippen molar-refractivity contribution in [3.63, 3.8) is 0 Å². The first-order chi connectivity index (χ1) is 7.02. The predicted molar refractivity (Wildman–Crippen MR) is 62.7 cm³/mol. The molecule has 5 heteroatoms. The Kier molecular flexibility index (Phi) is 8.00. The quantitative estimate of drug-likeness (QED) is 0.575. The highest BCUT2D eigenvalue weighted by Gasteiger charge is 2.08. The first-order valence-electron chi connectivity index (χ1n) is 5.61. The summed E-state index contributed by atoms with van der Waals surface area (Å²) in [5.41, 5.74) is 0. The van der Waals surface area contributed by atoms with Crippen LogP contribution in [0, 0.1) is 0 Å². The standard InChI is InChI=1S/C10H23NO3S/c1-3-5-10(12)9-11-6-8-15(13,14)7-4-2/h10-12H,3-9H2,1-2H3. The lowest BCUT2D eigenvalue weighted by Gasteiger charge is -2.10. The van der Waals surface area contributed by atoms with E-state index in [9.17, 15) is 13.5 Å². The van der Waals surface area contributed by atoms with E-state index >= 15 is 0 Å². The number of hydrogen-bond acceptors (Lipinski definition) is 4. The van der Waals surface area contributed by atoms with Crippen molar-refractivity contribution in [1.29, 1.82) is 0 Å². The molecule has 0 aliphatic heterocycles. The van der Waals surface area contributed by atoms with Crippen LogP contribution in [0.4, 0.5) is 0 Å². The zero-order chi connectivity index (χ0) is 11.7. The Morgan fingerprint density at radius 3 is 2.40 bits per heavy atom. The molecule has 0 aromatic heterocycles. The topological polar surface area (TPSA) is 66.4 Å². The van der Waals surface area contributed by atoms with Crippen molar-refractivity contribution in [3.8, 4) is 0 Å². The Labute approximate surface area is 93.0 Å². The molecule has 0 saturated carbocycles. The van der Waals surface area contributed by atoms with E-state index in [-0.39, 0.29) is 17.6 Å². The number of nitrogens with one attached hydrogen (secondary N) is 1. The van der Waals surface area contributed by atoms with E-state index in [1.165, 1.54) is 0 Å². The second-order valence-electron chi connectivity index (χ2n) is 3.80. The van der Waals surface area contributed by atoms with Crippen LogP contribution in [-0.4, -0.2) is 44.2 Å². The smallest absolute Gasteiger partial charge is 0.151 e. The number of hydrogen-bond donors (Lipinski definition) is 2. The van der Waals surface area contributed by atoms with E-state index in [0.717, 1.165) is 12.8 Å². The minimum Gasteiger partial charge on any atom is -0.392 e. The molecule has 92 valence electrons. The maximum atomic E-state index is 11.3. The summed E-state index contributed by atoms with van der Waals surface area (Å²) in [7, 11) is -2.89. The lowest BCUT2D eigenvalue weighted by Crippen LogP contribution is -2.31. The van der Waals surface area contributed by atoms with Gasteiger partial charge >= 0.3 is 0 Å². The normalized spacial score (nSPS) is 14.1. The number of aliphatic hydroxyl groups excluding tert-OH is 1. The molecule has 1 atom stereocenters. The third kappa shape index (κ3) is 8.84. The molecule has 0 saturated heterocycles. The maximum absolute atomic E-state index is 11.3. The highest BCUT2D eigenvalue weighted by atomic mass is 32.2. The van der Waals surface area contributed by atoms with Gasteiger partial charge in [-0.3, -0.25) is 0 Å². The van der Waals surface area contributed by atoms with Crippen LogP contribution in [0.1, 0.15) is 33.1 Å². The van der Waals surface area contributed by atoms with Crippen LogP contribution in [0.2, 0.25) is 0 Å². The van der Waals surface area contributed by atoms with Crippen LogP contribution in [-0.2, 0) is 9.84 Å². The molecule has 0 fully saturated rings. The fourth-order valence-electron chi connectivity index (χ4n) is 1.34. The Bertz CT molecular complexity index is 239. The zero-order valence-corrected chi connectivity index (χ0v) is 10.5. The summed E-state index contributed by atoms with van der Waals surface area (Å²) in [6.45, 7) is 4.78. The summed E-state index contributed by atoms with van der Waals surface area (Å²) >= 11 is 0. The third-order valence-electron chi connectivity index (χ3n) is 2.11. The molecule has 0 aromatic carbocycles. The second kappa shape index (κ2) is 8.07. The van der Waals surface area contributed by atoms with E-state index < -0.39 is 9.84 Å². The molecule has 0 heterocycles.